The third kappa shape index (κ3) is 1.58. The third-order valence-corrected chi connectivity index (χ3v) is 2.88. The lowest BCUT2D eigenvalue weighted by Crippen LogP contribution is -2.25. The van der Waals surface area contributed by atoms with Gasteiger partial charge in [-0.2, -0.15) is 5.10 Å². The number of carbonyl (C=O) groups excluding carboxylic acids is 1. The molecule has 92 valence electrons. The fraction of sp³-hybridized carbons (Fsp3) is 0.167. The summed E-state index contributed by atoms with van der Waals surface area (Å²) in [6.07, 6.45) is 0. The summed E-state index contributed by atoms with van der Waals surface area (Å²) < 4.78 is 5.29. The molecule has 3 rings (SSSR count). The van der Waals surface area contributed by atoms with E-state index in [1.54, 1.807) is 12.1 Å². The normalized spacial score (nSPS) is 13.7. The van der Waals surface area contributed by atoms with E-state index in [-0.39, 0.29) is 12.5 Å². The quantitative estimate of drug-likeness (QED) is 0.704. The fourth-order valence-electron chi connectivity index (χ4n) is 1.89. The fourth-order valence-corrected chi connectivity index (χ4v) is 1.89. The Morgan fingerprint density at radius 3 is 3.00 bits per heavy atom. The van der Waals surface area contributed by atoms with Crippen LogP contribution in [-0.2, 0) is 4.79 Å². The first kappa shape index (κ1) is 10.6. The zero-order valence-electron chi connectivity index (χ0n) is 9.78. The van der Waals surface area contributed by atoms with E-state index in [1.807, 2.05) is 13.0 Å². The largest absolute Gasteiger partial charge is 0.482 e. The number of hydrogen-bond donors (Lipinski definition) is 3. The first-order chi connectivity index (χ1) is 8.65. The summed E-state index contributed by atoms with van der Waals surface area (Å²) in [5.74, 6) is 0.495. The zero-order chi connectivity index (χ0) is 12.7. The van der Waals surface area contributed by atoms with E-state index in [0.717, 1.165) is 11.3 Å². The number of nitrogens with zero attached hydrogens (tertiary/aromatic N) is 1. The van der Waals surface area contributed by atoms with Gasteiger partial charge < -0.3 is 15.8 Å². The van der Waals surface area contributed by atoms with Gasteiger partial charge in [0.15, 0.2) is 6.61 Å². The van der Waals surface area contributed by atoms with Crippen LogP contribution in [0.4, 0.5) is 11.4 Å². The van der Waals surface area contributed by atoms with Gasteiger partial charge in [-0.15, -0.1) is 0 Å². The Labute approximate surface area is 103 Å². The summed E-state index contributed by atoms with van der Waals surface area (Å²) in [7, 11) is 0. The molecule has 1 aromatic heterocycles. The average Bonchev–Trinajstić information content (AvgIpc) is 2.69. The molecule has 0 spiro atoms. The Morgan fingerprint density at radius 1 is 1.44 bits per heavy atom. The van der Waals surface area contributed by atoms with Crippen molar-refractivity contribution in [1.82, 2.24) is 10.2 Å². The summed E-state index contributed by atoms with van der Waals surface area (Å²) in [6.45, 7) is 1.91. The van der Waals surface area contributed by atoms with Gasteiger partial charge in [0, 0.05) is 5.56 Å². The molecular weight excluding hydrogens is 232 g/mol. The van der Waals surface area contributed by atoms with Crippen molar-refractivity contribution >= 4 is 17.3 Å². The molecule has 0 saturated heterocycles. The van der Waals surface area contributed by atoms with E-state index < -0.39 is 0 Å². The van der Waals surface area contributed by atoms with Crippen LogP contribution in [0.2, 0.25) is 0 Å². The van der Waals surface area contributed by atoms with Crippen molar-refractivity contribution in [2.45, 2.75) is 6.92 Å². The summed E-state index contributed by atoms with van der Waals surface area (Å²) in [5.41, 5.74) is 9.51. The van der Waals surface area contributed by atoms with Crippen LogP contribution in [0.25, 0.3) is 11.3 Å². The van der Waals surface area contributed by atoms with E-state index in [1.165, 1.54) is 0 Å². The van der Waals surface area contributed by atoms with Crippen LogP contribution in [0.1, 0.15) is 5.69 Å². The number of aryl methyl sites for hydroxylation is 1. The van der Waals surface area contributed by atoms with Crippen LogP contribution in [0, 0.1) is 6.92 Å². The van der Waals surface area contributed by atoms with Crippen molar-refractivity contribution in [3.63, 3.8) is 0 Å². The van der Waals surface area contributed by atoms with E-state index >= 15 is 0 Å². The van der Waals surface area contributed by atoms with Crippen LogP contribution in [0.3, 0.4) is 0 Å². The molecular formula is C12H12N4O2. The molecule has 0 radical (unpaired) electrons. The topological polar surface area (TPSA) is 93.0 Å². The van der Waals surface area contributed by atoms with E-state index in [9.17, 15) is 4.79 Å². The first-order valence-electron chi connectivity index (χ1n) is 5.52. The highest BCUT2D eigenvalue weighted by molar-refractivity contribution is 5.96. The van der Waals surface area contributed by atoms with E-state index in [2.05, 4.69) is 15.5 Å². The minimum atomic E-state index is -0.161. The number of ether oxygens (including phenoxy) is 1. The lowest BCUT2D eigenvalue weighted by atomic mass is 10.1. The van der Waals surface area contributed by atoms with Crippen molar-refractivity contribution < 1.29 is 9.53 Å². The number of carbonyl (C=O) groups is 1. The van der Waals surface area contributed by atoms with Gasteiger partial charge in [0.25, 0.3) is 5.91 Å². The standard InChI is InChI=1S/C12H12N4O2/c1-6-11(13)12(16-15-6)7-2-3-9-8(4-7)14-10(17)5-18-9/h2-4H,5,13H2,1H3,(H,14,17)(H,15,16). The molecule has 0 aliphatic carbocycles. The monoisotopic (exact) mass is 244 g/mol. The van der Waals surface area contributed by atoms with Gasteiger partial charge in [0.05, 0.1) is 17.1 Å². The van der Waals surface area contributed by atoms with Crippen molar-refractivity contribution in [2.75, 3.05) is 17.7 Å². The molecule has 1 aliphatic heterocycles. The molecule has 0 bridgehead atoms. The number of fused-ring (bicyclic) bond motifs is 1. The van der Waals surface area contributed by atoms with Gasteiger partial charge in [-0.05, 0) is 25.1 Å². The Balaban J connectivity index is 2.07. The van der Waals surface area contributed by atoms with Gasteiger partial charge >= 0.3 is 0 Å². The maximum atomic E-state index is 11.3. The number of hydrogen-bond acceptors (Lipinski definition) is 4. The maximum absolute atomic E-state index is 11.3. The number of rotatable bonds is 1. The maximum Gasteiger partial charge on any atom is 0.262 e. The second kappa shape index (κ2) is 3.76. The second-order valence-corrected chi connectivity index (χ2v) is 4.16. The third-order valence-electron chi connectivity index (χ3n) is 2.88. The summed E-state index contributed by atoms with van der Waals surface area (Å²) in [6, 6.07) is 5.47. The number of nitrogen functional groups attached to an aromatic ring is 1. The highest BCUT2D eigenvalue weighted by Crippen LogP contribution is 2.34. The number of amides is 1. The van der Waals surface area contributed by atoms with Crippen molar-refractivity contribution in [3.8, 4) is 17.0 Å². The Kier molecular flexibility index (Phi) is 2.22. The van der Waals surface area contributed by atoms with Gasteiger partial charge in [-0.1, -0.05) is 0 Å². The average molecular weight is 244 g/mol. The van der Waals surface area contributed by atoms with E-state index in [4.69, 9.17) is 10.5 Å². The van der Waals surface area contributed by atoms with Crippen molar-refractivity contribution in [2.24, 2.45) is 0 Å². The molecule has 0 saturated carbocycles. The van der Waals surface area contributed by atoms with Gasteiger partial charge in [-0.3, -0.25) is 9.89 Å². The highest BCUT2D eigenvalue weighted by Gasteiger charge is 2.18. The molecule has 2 aromatic rings. The molecule has 18 heavy (non-hydrogen) atoms. The molecule has 0 atom stereocenters. The zero-order valence-corrected chi connectivity index (χ0v) is 9.78. The first-order valence-corrected chi connectivity index (χ1v) is 5.52. The van der Waals surface area contributed by atoms with Crippen LogP contribution in [0.15, 0.2) is 18.2 Å². The predicted molar refractivity (Wildman–Crippen MR) is 67.3 cm³/mol. The molecule has 4 N–H and O–H groups in total. The van der Waals surface area contributed by atoms with Gasteiger partial charge in [-0.25, -0.2) is 0 Å². The van der Waals surface area contributed by atoms with Crippen LogP contribution >= 0.6 is 0 Å². The number of anilines is 2. The molecule has 6 heteroatoms. The Bertz CT molecular complexity index is 633. The molecule has 1 amide bonds. The predicted octanol–water partition coefficient (Wildman–Crippen LogP) is 1.30. The second-order valence-electron chi connectivity index (χ2n) is 4.16. The Hall–Kier alpha value is -2.50. The number of aromatic nitrogens is 2. The van der Waals surface area contributed by atoms with Crippen LogP contribution in [-0.4, -0.2) is 22.7 Å². The number of aromatic amines is 1. The summed E-state index contributed by atoms with van der Waals surface area (Å²) >= 11 is 0. The number of nitrogens with two attached hydrogens (primary N) is 1. The van der Waals surface area contributed by atoms with Crippen molar-refractivity contribution in [1.29, 1.82) is 0 Å². The number of benzene rings is 1. The van der Waals surface area contributed by atoms with Crippen molar-refractivity contribution in [3.05, 3.63) is 23.9 Å². The lowest BCUT2D eigenvalue weighted by molar-refractivity contribution is -0.118. The van der Waals surface area contributed by atoms with Gasteiger partial charge in [0.2, 0.25) is 0 Å². The lowest BCUT2D eigenvalue weighted by Gasteiger charge is -2.18. The smallest absolute Gasteiger partial charge is 0.262 e. The number of nitrogens with one attached hydrogen (secondary N) is 2. The minimum Gasteiger partial charge on any atom is -0.482 e. The SMILES string of the molecule is Cc1[nH]nc(-c2ccc3c(c2)NC(=O)CO3)c1N. The number of H-pyrrole nitrogens is 1. The molecule has 2 heterocycles. The Morgan fingerprint density at radius 2 is 2.28 bits per heavy atom. The molecule has 6 nitrogen and oxygen atoms in total. The molecule has 1 aromatic carbocycles. The van der Waals surface area contributed by atoms with E-state index in [0.29, 0.717) is 22.8 Å². The van der Waals surface area contributed by atoms with Gasteiger partial charge in [0.1, 0.15) is 11.4 Å². The highest BCUT2D eigenvalue weighted by atomic mass is 16.5. The van der Waals surface area contributed by atoms with Crippen LogP contribution in [0.5, 0.6) is 5.75 Å². The minimum absolute atomic E-state index is 0.0516. The summed E-state index contributed by atoms with van der Waals surface area (Å²) in [5, 5.41) is 9.73. The summed E-state index contributed by atoms with van der Waals surface area (Å²) in [4.78, 5) is 11.3. The molecule has 0 unspecified atom stereocenters. The molecule has 1 aliphatic rings. The molecule has 0 fully saturated rings. The van der Waals surface area contributed by atoms with Crippen LogP contribution < -0.4 is 15.8 Å².